The first-order chi connectivity index (χ1) is 9.73. The standard InChI is InChI=1S/C20H29/c1-6-13-16(7-2)18(9-4)19(10-5)20-15-12-11-14-17(20)8-3/h6,11-12,14-15H,1,7-10,13H2,2-5H3. The summed E-state index contributed by atoms with van der Waals surface area (Å²) in [7, 11) is 0. The lowest BCUT2D eigenvalue weighted by Crippen LogP contribution is -2.04. The number of benzene rings is 1. The third-order valence-electron chi connectivity index (χ3n) is 4.04. The Morgan fingerprint density at radius 3 is 2.20 bits per heavy atom. The van der Waals surface area contributed by atoms with Crippen molar-refractivity contribution >= 4 is 5.57 Å². The minimum Gasteiger partial charge on any atom is -0.103 e. The van der Waals surface area contributed by atoms with Crippen molar-refractivity contribution in [2.24, 2.45) is 0 Å². The maximum atomic E-state index is 3.91. The Kier molecular flexibility index (Phi) is 7.36. The van der Waals surface area contributed by atoms with Gasteiger partial charge in [-0.3, -0.25) is 0 Å². The molecular weight excluding hydrogens is 240 g/mol. The Bertz CT molecular complexity index is 451. The lowest BCUT2D eigenvalue weighted by molar-refractivity contribution is 0.839. The van der Waals surface area contributed by atoms with Crippen LogP contribution in [-0.4, -0.2) is 0 Å². The molecule has 0 aromatic heterocycles. The summed E-state index contributed by atoms with van der Waals surface area (Å²) in [6.45, 7) is 13.0. The van der Waals surface area contributed by atoms with Crippen LogP contribution in [0.5, 0.6) is 0 Å². The van der Waals surface area contributed by atoms with E-state index in [4.69, 9.17) is 0 Å². The van der Waals surface area contributed by atoms with Crippen LogP contribution in [0.25, 0.3) is 5.57 Å². The lowest BCUT2D eigenvalue weighted by atomic mass is 9.83. The van der Waals surface area contributed by atoms with Crippen LogP contribution < -0.4 is 0 Å². The maximum Gasteiger partial charge on any atom is 0.00462 e. The van der Waals surface area contributed by atoms with E-state index in [0.717, 1.165) is 32.1 Å². The number of rotatable bonds is 8. The smallest absolute Gasteiger partial charge is 0.00462 e. The van der Waals surface area contributed by atoms with Crippen molar-refractivity contribution in [2.75, 3.05) is 0 Å². The van der Waals surface area contributed by atoms with Crippen molar-refractivity contribution in [3.05, 3.63) is 59.5 Å². The molecule has 0 unspecified atom stereocenters. The fraction of sp³-hybridized carbons (Fsp3) is 0.450. The van der Waals surface area contributed by atoms with E-state index < -0.39 is 0 Å². The van der Waals surface area contributed by atoms with Gasteiger partial charge in [0, 0.05) is 5.92 Å². The fourth-order valence-corrected chi connectivity index (χ4v) is 3.02. The molecule has 0 amide bonds. The predicted octanol–water partition coefficient (Wildman–Crippen LogP) is 6.38. The molecule has 1 radical (unpaired) electrons. The van der Waals surface area contributed by atoms with Gasteiger partial charge in [0.15, 0.2) is 0 Å². The average Bonchev–Trinajstić information content (AvgIpc) is 2.50. The minimum absolute atomic E-state index is 1.01. The van der Waals surface area contributed by atoms with Gasteiger partial charge >= 0.3 is 0 Å². The van der Waals surface area contributed by atoms with Gasteiger partial charge in [0.25, 0.3) is 0 Å². The summed E-state index contributed by atoms with van der Waals surface area (Å²) in [6, 6.07) is 8.86. The molecule has 0 nitrogen and oxygen atoms in total. The summed E-state index contributed by atoms with van der Waals surface area (Å²) in [5, 5.41) is 0. The van der Waals surface area contributed by atoms with Crippen LogP contribution >= 0.6 is 0 Å². The monoisotopic (exact) mass is 269 g/mol. The molecule has 1 aromatic rings. The van der Waals surface area contributed by atoms with Gasteiger partial charge in [-0.25, -0.2) is 0 Å². The van der Waals surface area contributed by atoms with Crippen LogP contribution in [0.3, 0.4) is 0 Å². The van der Waals surface area contributed by atoms with Gasteiger partial charge in [-0.05, 0) is 48.8 Å². The van der Waals surface area contributed by atoms with Crippen LogP contribution in [-0.2, 0) is 6.42 Å². The zero-order valence-electron chi connectivity index (χ0n) is 13.6. The maximum absolute atomic E-state index is 3.91. The molecule has 109 valence electrons. The summed E-state index contributed by atoms with van der Waals surface area (Å²) in [4.78, 5) is 0. The van der Waals surface area contributed by atoms with Crippen molar-refractivity contribution in [3.8, 4) is 0 Å². The molecule has 0 fully saturated rings. The first-order valence-electron chi connectivity index (χ1n) is 7.99. The van der Waals surface area contributed by atoms with Gasteiger partial charge in [0.1, 0.15) is 0 Å². The third kappa shape index (κ3) is 3.85. The summed E-state index contributed by atoms with van der Waals surface area (Å²) in [5.74, 6) is 1.55. The molecule has 1 aromatic carbocycles. The fourth-order valence-electron chi connectivity index (χ4n) is 3.02. The predicted molar refractivity (Wildman–Crippen MR) is 91.7 cm³/mol. The van der Waals surface area contributed by atoms with E-state index >= 15 is 0 Å². The highest BCUT2D eigenvalue weighted by Crippen LogP contribution is 2.35. The molecule has 20 heavy (non-hydrogen) atoms. The van der Waals surface area contributed by atoms with Crippen LogP contribution in [0.1, 0.15) is 64.5 Å². The average molecular weight is 269 g/mol. The first-order valence-corrected chi connectivity index (χ1v) is 7.99. The van der Waals surface area contributed by atoms with E-state index in [-0.39, 0.29) is 0 Å². The number of hydrogen-bond donors (Lipinski definition) is 0. The molecular formula is C20H29. The lowest BCUT2D eigenvalue weighted by Gasteiger charge is -2.22. The van der Waals surface area contributed by atoms with Gasteiger partial charge in [0.2, 0.25) is 0 Å². The summed E-state index contributed by atoms with van der Waals surface area (Å²) >= 11 is 0. The second-order valence-electron chi connectivity index (χ2n) is 5.12. The number of hydrogen-bond acceptors (Lipinski definition) is 0. The van der Waals surface area contributed by atoms with E-state index in [1.165, 1.54) is 16.7 Å². The van der Waals surface area contributed by atoms with Gasteiger partial charge in [-0.2, -0.15) is 0 Å². The second-order valence-corrected chi connectivity index (χ2v) is 5.12. The Labute approximate surface area is 125 Å². The molecule has 0 atom stereocenters. The van der Waals surface area contributed by atoms with E-state index in [1.807, 2.05) is 6.08 Å². The van der Waals surface area contributed by atoms with Gasteiger partial charge in [-0.1, -0.05) is 63.6 Å². The van der Waals surface area contributed by atoms with Crippen molar-refractivity contribution in [3.63, 3.8) is 0 Å². The topological polar surface area (TPSA) is 0 Å². The van der Waals surface area contributed by atoms with Gasteiger partial charge < -0.3 is 0 Å². The third-order valence-corrected chi connectivity index (χ3v) is 4.04. The molecule has 0 heterocycles. The van der Waals surface area contributed by atoms with Gasteiger partial charge in [0.05, 0.1) is 0 Å². The molecule has 0 heteroatoms. The van der Waals surface area contributed by atoms with Crippen LogP contribution in [0.15, 0.2) is 42.5 Å². The van der Waals surface area contributed by atoms with Crippen molar-refractivity contribution in [1.29, 1.82) is 0 Å². The molecule has 1 rings (SSSR count). The summed E-state index contributed by atoms with van der Waals surface area (Å²) < 4.78 is 0. The summed E-state index contributed by atoms with van der Waals surface area (Å²) in [6.07, 6.45) is 7.47. The SMILES string of the molecule is C=CC[C](CC)C(CC)=C(CC)c1ccccc1CC. The molecule has 0 aliphatic rings. The van der Waals surface area contributed by atoms with Crippen LogP contribution in [0.2, 0.25) is 0 Å². The van der Waals surface area contributed by atoms with Gasteiger partial charge in [-0.15, -0.1) is 6.58 Å². The Balaban J connectivity index is 3.37. The highest BCUT2D eigenvalue weighted by molar-refractivity contribution is 5.73. The van der Waals surface area contributed by atoms with E-state index in [2.05, 4.69) is 58.5 Å². The Morgan fingerprint density at radius 2 is 1.70 bits per heavy atom. The molecule has 0 bridgehead atoms. The highest BCUT2D eigenvalue weighted by atomic mass is 14.2. The second kappa shape index (κ2) is 8.79. The summed E-state index contributed by atoms with van der Waals surface area (Å²) in [5.41, 5.74) is 5.99. The van der Waals surface area contributed by atoms with E-state index in [9.17, 15) is 0 Å². The van der Waals surface area contributed by atoms with E-state index in [1.54, 1.807) is 11.5 Å². The van der Waals surface area contributed by atoms with Crippen LogP contribution in [0, 0.1) is 5.92 Å². The van der Waals surface area contributed by atoms with Crippen molar-refractivity contribution in [2.45, 2.75) is 59.8 Å². The highest BCUT2D eigenvalue weighted by Gasteiger charge is 2.16. The number of aryl methyl sites for hydroxylation is 1. The molecule has 0 saturated heterocycles. The van der Waals surface area contributed by atoms with Crippen LogP contribution in [0.4, 0.5) is 0 Å². The molecule has 0 aliphatic carbocycles. The first kappa shape index (κ1) is 16.8. The zero-order valence-corrected chi connectivity index (χ0v) is 13.6. The Hall–Kier alpha value is -1.30. The number of allylic oxidation sites excluding steroid dienone is 3. The molecule has 0 N–H and O–H groups in total. The van der Waals surface area contributed by atoms with Crippen molar-refractivity contribution < 1.29 is 0 Å². The largest absolute Gasteiger partial charge is 0.103 e. The Morgan fingerprint density at radius 1 is 1.00 bits per heavy atom. The van der Waals surface area contributed by atoms with E-state index in [0.29, 0.717) is 0 Å². The minimum atomic E-state index is 1.01. The molecule has 0 aliphatic heterocycles. The molecule has 0 saturated carbocycles. The molecule has 0 spiro atoms. The normalized spacial score (nSPS) is 12.4. The quantitative estimate of drug-likeness (QED) is 0.480. The van der Waals surface area contributed by atoms with Crippen molar-refractivity contribution in [1.82, 2.24) is 0 Å². The zero-order chi connectivity index (χ0) is 15.0.